The third-order valence-corrected chi connectivity index (χ3v) is 8.27. The number of para-hydroxylation sites is 1. The van der Waals surface area contributed by atoms with Gasteiger partial charge in [0.15, 0.2) is 0 Å². The molecular weight excluding hydrogens is 428 g/mol. The van der Waals surface area contributed by atoms with Crippen molar-refractivity contribution in [3.8, 4) is 5.69 Å². The molecule has 6 rings (SSSR count). The lowest BCUT2D eigenvalue weighted by molar-refractivity contribution is 0.0525. The van der Waals surface area contributed by atoms with Crippen LogP contribution in [0.25, 0.3) is 16.6 Å². The van der Waals surface area contributed by atoms with E-state index >= 15 is 0 Å². The second kappa shape index (κ2) is 7.94. The Morgan fingerprint density at radius 3 is 2.85 bits per heavy atom. The van der Waals surface area contributed by atoms with Crippen LogP contribution in [-0.2, 0) is 18.3 Å². The first-order chi connectivity index (χ1) is 16.5. The summed E-state index contributed by atoms with van der Waals surface area (Å²) in [5, 5.41) is 9.07. The standard InChI is InChI=1S/C27H30N4O3/c1-3-34-26(33)20-15-29-31(23-13-25(32)30(2)22-7-5-4-6-19(22)23)24(20)16-28-14-17-12-18-8-9-21(17)27(18)10-11-27/h4-9,13,15,17-18,21,28H,3,10-12,14,16H2,1-2H3. The molecule has 7 nitrogen and oxygen atoms in total. The Kier molecular flexibility index (Phi) is 4.99. The van der Waals surface area contributed by atoms with Gasteiger partial charge in [0.1, 0.15) is 5.56 Å². The van der Waals surface area contributed by atoms with Crippen molar-refractivity contribution in [2.24, 2.45) is 30.2 Å². The topological polar surface area (TPSA) is 78.2 Å². The Hall–Kier alpha value is -3.19. The highest BCUT2D eigenvalue weighted by Crippen LogP contribution is 2.69. The molecule has 1 aromatic carbocycles. The number of esters is 1. The third-order valence-electron chi connectivity index (χ3n) is 8.27. The van der Waals surface area contributed by atoms with Crippen LogP contribution in [0.4, 0.5) is 0 Å². The molecule has 7 heteroatoms. The van der Waals surface area contributed by atoms with Gasteiger partial charge in [0.2, 0.25) is 0 Å². The van der Waals surface area contributed by atoms with Crippen LogP contribution in [-0.4, -0.2) is 33.5 Å². The van der Waals surface area contributed by atoms with Crippen molar-refractivity contribution in [2.45, 2.75) is 32.7 Å². The van der Waals surface area contributed by atoms with Crippen LogP contribution in [0.15, 0.2) is 53.5 Å². The quantitative estimate of drug-likeness (QED) is 0.432. The first-order valence-corrected chi connectivity index (χ1v) is 12.3. The van der Waals surface area contributed by atoms with Crippen LogP contribution in [0.3, 0.4) is 0 Å². The molecule has 3 aliphatic rings. The molecule has 2 bridgehead atoms. The molecule has 0 saturated heterocycles. The van der Waals surface area contributed by atoms with Crippen LogP contribution in [0, 0.1) is 23.2 Å². The number of carbonyl (C=O) groups is 1. The smallest absolute Gasteiger partial charge is 0.341 e. The highest BCUT2D eigenvalue weighted by Gasteiger charge is 2.62. The monoisotopic (exact) mass is 458 g/mol. The summed E-state index contributed by atoms with van der Waals surface area (Å²) in [7, 11) is 1.76. The van der Waals surface area contributed by atoms with Gasteiger partial charge in [-0.1, -0.05) is 30.4 Å². The Bertz CT molecular complexity index is 1360. The maximum atomic E-state index is 12.7. The Labute approximate surface area is 198 Å². The highest BCUT2D eigenvalue weighted by atomic mass is 16.5. The van der Waals surface area contributed by atoms with E-state index in [4.69, 9.17) is 4.74 Å². The lowest BCUT2D eigenvalue weighted by Gasteiger charge is -2.21. The second-order valence-corrected chi connectivity index (χ2v) is 9.96. The molecule has 2 aromatic heterocycles. The van der Waals surface area contributed by atoms with E-state index in [0.29, 0.717) is 41.7 Å². The number of carbonyl (C=O) groups excluding carboxylic acids is 1. The number of aryl methyl sites for hydroxylation is 1. The molecule has 1 spiro atoms. The fraction of sp³-hybridized carbons (Fsp3) is 0.444. The summed E-state index contributed by atoms with van der Waals surface area (Å²) >= 11 is 0. The number of pyridine rings is 1. The van der Waals surface area contributed by atoms with E-state index < -0.39 is 5.97 Å². The van der Waals surface area contributed by atoms with Gasteiger partial charge in [0.05, 0.1) is 29.7 Å². The van der Waals surface area contributed by atoms with Crippen molar-refractivity contribution >= 4 is 16.9 Å². The van der Waals surface area contributed by atoms with Crippen molar-refractivity contribution in [1.82, 2.24) is 19.7 Å². The fourth-order valence-electron chi connectivity index (χ4n) is 6.43. The molecule has 2 heterocycles. The molecule has 34 heavy (non-hydrogen) atoms. The van der Waals surface area contributed by atoms with Crippen molar-refractivity contribution in [2.75, 3.05) is 13.2 Å². The number of hydrogen-bond acceptors (Lipinski definition) is 5. The number of allylic oxidation sites excluding steroid dienone is 2. The molecule has 1 N–H and O–H groups in total. The molecule has 3 unspecified atom stereocenters. The number of nitrogens with zero attached hydrogens (tertiary/aromatic N) is 3. The molecule has 176 valence electrons. The molecule has 3 atom stereocenters. The van der Waals surface area contributed by atoms with Gasteiger partial charge < -0.3 is 14.6 Å². The van der Waals surface area contributed by atoms with E-state index in [1.54, 1.807) is 35.5 Å². The molecule has 0 amide bonds. The second-order valence-electron chi connectivity index (χ2n) is 9.96. The van der Waals surface area contributed by atoms with Crippen LogP contribution >= 0.6 is 0 Å². The average molecular weight is 459 g/mol. The van der Waals surface area contributed by atoms with Gasteiger partial charge in [-0.15, -0.1) is 0 Å². The van der Waals surface area contributed by atoms with Gasteiger partial charge in [-0.05, 0) is 62.0 Å². The molecule has 2 fully saturated rings. The third kappa shape index (κ3) is 3.17. The van der Waals surface area contributed by atoms with Crippen LogP contribution in [0.1, 0.15) is 42.2 Å². The van der Waals surface area contributed by atoms with Gasteiger partial charge in [0, 0.05) is 25.0 Å². The Balaban J connectivity index is 1.33. The highest BCUT2D eigenvalue weighted by molar-refractivity contribution is 5.92. The maximum absolute atomic E-state index is 12.7. The first kappa shape index (κ1) is 21.4. The maximum Gasteiger partial charge on any atom is 0.341 e. The van der Waals surface area contributed by atoms with Gasteiger partial charge >= 0.3 is 5.97 Å². The fourth-order valence-corrected chi connectivity index (χ4v) is 6.43. The van der Waals surface area contributed by atoms with Crippen LogP contribution < -0.4 is 10.9 Å². The van der Waals surface area contributed by atoms with Gasteiger partial charge in [-0.25, -0.2) is 9.48 Å². The molecule has 2 saturated carbocycles. The molecular formula is C27H30N4O3. The summed E-state index contributed by atoms with van der Waals surface area (Å²) in [6, 6.07) is 9.34. The van der Waals surface area contributed by atoms with E-state index in [1.807, 2.05) is 24.3 Å². The average Bonchev–Trinajstić information content (AvgIpc) is 3.32. The molecule has 3 aromatic rings. The largest absolute Gasteiger partial charge is 0.462 e. The molecule has 3 aliphatic carbocycles. The SMILES string of the molecule is CCOC(=O)c1cnn(-c2cc(=O)n(C)c3ccccc23)c1CNCC1CC2C=CC1C21CC1. The van der Waals surface area contributed by atoms with Crippen LogP contribution in [0.5, 0.6) is 0 Å². The summed E-state index contributed by atoms with van der Waals surface area (Å²) in [5.74, 6) is 1.67. The normalized spacial score (nSPS) is 23.8. The minimum Gasteiger partial charge on any atom is -0.462 e. The first-order valence-electron chi connectivity index (χ1n) is 12.3. The Morgan fingerprint density at radius 1 is 1.26 bits per heavy atom. The zero-order valence-corrected chi connectivity index (χ0v) is 19.7. The minimum absolute atomic E-state index is 0.121. The van der Waals surface area contributed by atoms with E-state index in [0.717, 1.165) is 29.1 Å². The van der Waals surface area contributed by atoms with Gasteiger partial charge in [0.25, 0.3) is 5.56 Å². The van der Waals surface area contributed by atoms with Crippen LogP contribution in [0.2, 0.25) is 0 Å². The number of ether oxygens (including phenoxy) is 1. The molecule has 0 radical (unpaired) electrons. The van der Waals surface area contributed by atoms with Crippen molar-refractivity contribution in [1.29, 1.82) is 0 Å². The predicted octanol–water partition coefficient (Wildman–Crippen LogP) is 3.59. The van der Waals surface area contributed by atoms with E-state index in [2.05, 4.69) is 22.6 Å². The van der Waals surface area contributed by atoms with Crippen molar-refractivity contribution in [3.05, 3.63) is 70.3 Å². The summed E-state index contributed by atoms with van der Waals surface area (Å²) < 4.78 is 8.66. The van der Waals surface area contributed by atoms with E-state index in [-0.39, 0.29) is 5.56 Å². The zero-order chi connectivity index (χ0) is 23.4. The van der Waals surface area contributed by atoms with Gasteiger partial charge in [-0.3, -0.25) is 4.79 Å². The molecule has 0 aliphatic heterocycles. The predicted molar refractivity (Wildman–Crippen MR) is 130 cm³/mol. The van der Waals surface area contributed by atoms with E-state index in [9.17, 15) is 9.59 Å². The van der Waals surface area contributed by atoms with E-state index in [1.165, 1.54) is 19.3 Å². The number of benzene rings is 1. The summed E-state index contributed by atoms with van der Waals surface area (Å²) in [5.41, 5.74) is 3.09. The lowest BCUT2D eigenvalue weighted by atomic mass is 9.89. The van der Waals surface area contributed by atoms with Crippen molar-refractivity contribution in [3.63, 3.8) is 0 Å². The number of aromatic nitrogens is 3. The number of rotatable bonds is 7. The summed E-state index contributed by atoms with van der Waals surface area (Å²) in [6.07, 6.45) is 10.4. The number of hydrogen-bond donors (Lipinski definition) is 1. The summed E-state index contributed by atoms with van der Waals surface area (Å²) in [6.45, 7) is 3.47. The lowest BCUT2D eigenvalue weighted by Crippen LogP contribution is -2.28. The number of fused-ring (bicyclic) bond motifs is 1. The number of nitrogens with one attached hydrogen (secondary N) is 1. The van der Waals surface area contributed by atoms with Gasteiger partial charge in [-0.2, -0.15) is 5.10 Å². The minimum atomic E-state index is -0.390. The Morgan fingerprint density at radius 2 is 2.09 bits per heavy atom. The summed E-state index contributed by atoms with van der Waals surface area (Å²) in [4.78, 5) is 25.5. The van der Waals surface area contributed by atoms with Crippen molar-refractivity contribution < 1.29 is 9.53 Å². The zero-order valence-electron chi connectivity index (χ0n) is 19.7.